The Bertz CT molecular complexity index is 592. The van der Waals surface area contributed by atoms with Crippen molar-refractivity contribution in [1.29, 1.82) is 0 Å². The molecule has 3 N–H and O–H groups in total. The van der Waals surface area contributed by atoms with E-state index >= 15 is 0 Å². The number of nitrogens with one attached hydrogen (secondary N) is 3. The Morgan fingerprint density at radius 2 is 1.69 bits per heavy atom. The highest BCUT2D eigenvalue weighted by atomic mass is 16.2. The third kappa shape index (κ3) is 4.94. The van der Waals surface area contributed by atoms with Gasteiger partial charge in [-0.25, -0.2) is 4.79 Å². The zero-order valence-corrected chi connectivity index (χ0v) is 16.0. The van der Waals surface area contributed by atoms with Gasteiger partial charge in [0.1, 0.15) is 5.54 Å². The summed E-state index contributed by atoms with van der Waals surface area (Å²) < 4.78 is 0. The Hall–Kier alpha value is -2.16. The summed E-state index contributed by atoms with van der Waals surface area (Å²) in [6.45, 7) is 5.54. The minimum atomic E-state index is -0.874. The maximum atomic E-state index is 12.6. The lowest BCUT2D eigenvalue weighted by molar-refractivity contribution is -0.140. The summed E-state index contributed by atoms with van der Waals surface area (Å²) in [6, 6.07) is -0.599. The minimum absolute atomic E-state index is 0.0365. The van der Waals surface area contributed by atoms with E-state index in [4.69, 9.17) is 0 Å². The SMILES string of the molecule is CN(CC(=O)NN1C(=O)NC2(CCCCC2)C1=O)CC(=O)NC(C)(C)C. The van der Waals surface area contributed by atoms with Crippen molar-refractivity contribution in [2.45, 2.75) is 64.0 Å². The van der Waals surface area contributed by atoms with Crippen molar-refractivity contribution in [3.05, 3.63) is 0 Å². The van der Waals surface area contributed by atoms with E-state index < -0.39 is 23.4 Å². The number of hydrogen-bond donors (Lipinski definition) is 3. The van der Waals surface area contributed by atoms with Gasteiger partial charge in [0.2, 0.25) is 5.91 Å². The molecule has 5 amide bonds. The van der Waals surface area contributed by atoms with Crippen LogP contribution in [0.2, 0.25) is 0 Å². The highest BCUT2D eigenvalue weighted by Crippen LogP contribution is 2.32. The van der Waals surface area contributed by atoms with Gasteiger partial charge in [-0.1, -0.05) is 19.3 Å². The lowest BCUT2D eigenvalue weighted by atomic mass is 9.82. The molecule has 2 fully saturated rings. The minimum Gasteiger partial charge on any atom is -0.350 e. The van der Waals surface area contributed by atoms with Crippen LogP contribution < -0.4 is 16.1 Å². The number of likely N-dealkylation sites (N-methyl/N-ethyl adjacent to an activating group) is 1. The zero-order valence-electron chi connectivity index (χ0n) is 16.0. The van der Waals surface area contributed by atoms with Gasteiger partial charge in [-0.3, -0.25) is 24.7 Å². The number of hydrazine groups is 1. The molecule has 0 aromatic heterocycles. The van der Waals surface area contributed by atoms with Crippen molar-refractivity contribution in [3.8, 4) is 0 Å². The Morgan fingerprint density at radius 1 is 1.12 bits per heavy atom. The fraction of sp³-hybridized carbons (Fsp3) is 0.765. The van der Waals surface area contributed by atoms with E-state index in [0.29, 0.717) is 12.8 Å². The van der Waals surface area contributed by atoms with E-state index in [2.05, 4.69) is 16.1 Å². The second-order valence-corrected chi connectivity index (χ2v) is 8.22. The monoisotopic (exact) mass is 367 g/mol. The molecule has 1 spiro atoms. The highest BCUT2D eigenvalue weighted by Gasteiger charge is 2.52. The first-order valence-electron chi connectivity index (χ1n) is 8.98. The summed E-state index contributed by atoms with van der Waals surface area (Å²) in [6.07, 6.45) is 3.98. The average Bonchev–Trinajstić information content (AvgIpc) is 2.70. The lowest BCUT2D eigenvalue weighted by Crippen LogP contribution is -2.53. The molecule has 0 unspecified atom stereocenters. The van der Waals surface area contributed by atoms with Crippen LogP contribution in [0.1, 0.15) is 52.9 Å². The van der Waals surface area contributed by atoms with Gasteiger partial charge in [0.05, 0.1) is 13.1 Å². The summed E-state index contributed by atoms with van der Waals surface area (Å²) in [7, 11) is 1.62. The molecule has 26 heavy (non-hydrogen) atoms. The van der Waals surface area contributed by atoms with Crippen LogP contribution in [0.15, 0.2) is 0 Å². The molecule has 1 aliphatic heterocycles. The maximum Gasteiger partial charge on any atom is 0.344 e. The number of carbonyl (C=O) groups is 4. The number of imide groups is 1. The Morgan fingerprint density at radius 3 is 2.27 bits per heavy atom. The molecule has 0 atom stereocenters. The molecule has 9 nitrogen and oxygen atoms in total. The first-order valence-corrected chi connectivity index (χ1v) is 8.98. The van der Waals surface area contributed by atoms with Gasteiger partial charge in [-0.15, -0.1) is 0 Å². The number of rotatable bonds is 5. The molecule has 1 heterocycles. The number of hydrogen-bond acceptors (Lipinski definition) is 5. The number of nitrogens with zero attached hydrogens (tertiary/aromatic N) is 2. The second-order valence-electron chi connectivity index (χ2n) is 8.22. The summed E-state index contributed by atoms with van der Waals surface area (Å²) >= 11 is 0. The van der Waals surface area contributed by atoms with Crippen LogP contribution in [-0.2, 0) is 14.4 Å². The van der Waals surface area contributed by atoms with E-state index in [1.54, 1.807) is 7.05 Å². The molecule has 146 valence electrons. The Balaban J connectivity index is 1.86. The molecule has 0 aromatic rings. The van der Waals surface area contributed by atoms with E-state index in [1.165, 1.54) is 4.90 Å². The molecular weight excluding hydrogens is 338 g/mol. The first kappa shape index (κ1) is 20.2. The smallest absolute Gasteiger partial charge is 0.344 e. The average molecular weight is 367 g/mol. The van der Waals surface area contributed by atoms with Crippen LogP contribution in [0.3, 0.4) is 0 Å². The van der Waals surface area contributed by atoms with Crippen molar-refractivity contribution in [2.75, 3.05) is 20.1 Å². The topological polar surface area (TPSA) is 111 Å². The van der Waals surface area contributed by atoms with Gasteiger partial charge >= 0.3 is 6.03 Å². The molecule has 1 saturated heterocycles. The fourth-order valence-electron chi connectivity index (χ4n) is 3.38. The predicted molar refractivity (Wildman–Crippen MR) is 94.7 cm³/mol. The molecule has 0 radical (unpaired) electrons. The van der Waals surface area contributed by atoms with Crippen LogP contribution in [0, 0.1) is 0 Å². The largest absolute Gasteiger partial charge is 0.350 e. The van der Waals surface area contributed by atoms with Crippen LogP contribution in [-0.4, -0.2) is 64.9 Å². The lowest BCUT2D eigenvalue weighted by Gasteiger charge is -2.30. The number of urea groups is 1. The van der Waals surface area contributed by atoms with Gasteiger partial charge in [-0.2, -0.15) is 5.01 Å². The van der Waals surface area contributed by atoms with Gasteiger partial charge in [0, 0.05) is 5.54 Å². The van der Waals surface area contributed by atoms with Crippen molar-refractivity contribution < 1.29 is 19.2 Å². The summed E-state index contributed by atoms with van der Waals surface area (Å²) in [4.78, 5) is 50.3. The standard InChI is InChI=1S/C17H29N5O4/c1-16(2,3)18-12(23)10-21(4)11-13(24)20-22-14(25)17(19-15(22)26)8-6-5-7-9-17/h5-11H2,1-4H3,(H,18,23)(H,19,26)(H,20,24). The van der Waals surface area contributed by atoms with E-state index in [9.17, 15) is 19.2 Å². The van der Waals surface area contributed by atoms with Crippen LogP contribution in [0.25, 0.3) is 0 Å². The molecule has 2 aliphatic rings. The quantitative estimate of drug-likeness (QED) is 0.598. The van der Waals surface area contributed by atoms with E-state index in [1.807, 2.05) is 20.8 Å². The van der Waals surface area contributed by atoms with Crippen LogP contribution in [0.5, 0.6) is 0 Å². The molecule has 0 aromatic carbocycles. The molecule has 2 rings (SSSR count). The zero-order chi connectivity index (χ0) is 19.5. The summed E-state index contributed by atoms with van der Waals surface area (Å²) in [5.41, 5.74) is 1.14. The Labute approximate surface area is 153 Å². The summed E-state index contributed by atoms with van der Waals surface area (Å²) in [5.74, 6) is -1.12. The number of amides is 5. The normalized spacial score (nSPS) is 19.7. The van der Waals surface area contributed by atoms with Gasteiger partial charge in [-0.05, 0) is 40.7 Å². The molecule has 9 heteroatoms. The fourth-order valence-corrected chi connectivity index (χ4v) is 3.38. The van der Waals surface area contributed by atoms with Crippen molar-refractivity contribution in [1.82, 2.24) is 26.0 Å². The van der Waals surface area contributed by atoms with Gasteiger partial charge < -0.3 is 10.6 Å². The summed E-state index contributed by atoms with van der Waals surface area (Å²) in [5, 5.41) is 6.31. The third-order valence-electron chi connectivity index (χ3n) is 4.45. The molecule has 0 bridgehead atoms. The Kier molecular flexibility index (Phi) is 5.90. The number of carbonyl (C=O) groups excluding carboxylic acids is 4. The van der Waals surface area contributed by atoms with Crippen LogP contribution >= 0.6 is 0 Å². The first-order chi connectivity index (χ1) is 12.0. The second kappa shape index (κ2) is 7.61. The maximum absolute atomic E-state index is 12.6. The van der Waals surface area contributed by atoms with Crippen molar-refractivity contribution in [2.24, 2.45) is 0 Å². The molecular formula is C17H29N5O4. The molecule has 1 saturated carbocycles. The predicted octanol–water partition coefficient (Wildman–Crippen LogP) is 0.119. The van der Waals surface area contributed by atoms with E-state index in [-0.39, 0.29) is 24.5 Å². The molecule has 1 aliphatic carbocycles. The van der Waals surface area contributed by atoms with Gasteiger partial charge in [0.15, 0.2) is 0 Å². The van der Waals surface area contributed by atoms with Crippen molar-refractivity contribution in [3.63, 3.8) is 0 Å². The van der Waals surface area contributed by atoms with Gasteiger partial charge in [0.25, 0.3) is 11.8 Å². The van der Waals surface area contributed by atoms with Crippen LogP contribution in [0.4, 0.5) is 4.79 Å². The van der Waals surface area contributed by atoms with Crippen molar-refractivity contribution >= 4 is 23.8 Å². The van der Waals surface area contributed by atoms with E-state index in [0.717, 1.165) is 24.3 Å². The third-order valence-corrected chi connectivity index (χ3v) is 4.45. The highest BCUT2D eigenvalue weighted by molar-refractivity contribution is 6.08.